The van der Waals surface area contributed by atoms with Crippen molar-refractivity contribution in [3.8, 4) is 0 Å². The summed E-state index contributed by atoms with van der Waals surface area (Å²) < 4.78 is 11.0. The van der Waals surface area contributed by atoms with Gasteiger partial charge in [0.05, 0.1) is 5.92 Å². The molecule has 2 N–H and O–H groups in total. The molecule has 4 nitrogen and oxygen atoms in total. The van der Waals surface area contributed by atoms with E-state index in [0.29, 0.717) is 24.6 Å². The van der Waals surface area contributed by atoms with Crippen LogP contribution in [0.5, 0.6) is 0 Å². The summed E-state index contributed by atoms with van der Waals surface area (Å²) >= 11 is 0. The zero-order chi connectivity index (χ0) is 9.42. The van der Waals surface area contributed by atoms with Gasteiger partial charge in [0.2, 0.25) is 5.91 Å². The third-order valence-corrected chi connectivity index (χ3v) is 3.92. The molecular formula is C8H14N2O2S. The Balaban J connectivity index is 1.87. The number of nitrogens with zero attached hydrogens (tertiary/aromatic N) is 1. The molecule has 0 spiro atoms. The van der Waals surface area contributed by atoms with Gasteiger partial charge in [-0.1, -0.05) is 0 Å². The summed E-state index contributed by atoms with van der Waals surface area (Å²) in [5.74, 6) is 1.50. The average Bonchev–Trinajstić information content (AvgIpc) is 2.83. The number of nitrogens with two attached hydrogens (primary N) is 1. The fourth-order valence-electron chi connectivity index (χ4n) is 1.59. The number of hydrogen-bond donors (Lipinski definition) is 1. The van der Waals surface area contributed by atoms with Gasteiger partial charge < -0.3 is 10.6 Å². The van der Waals surface area contributed by atoms with Gasteiger partial charge in [-0.2, -0.15) is 0 Å². The molecule has 5 heteroatoms. The minimum absolute atomic E-state index is 0.0616. The van der Waals surface area contributed by atoms with E-state index in [0.717, 1.165) is 6.42 Å². The molecule has 1 aliphatic carbocycles. The Morgan fingerprint density at radius 3 is 2.38 bits per heavy atom. The van der Waals surface area contributed by atoms with Crippen LogP contribution in [0.25, 0.3) is 0 Å². The van der Waals surface area contributed by atoms with E-state index < -0.39 is 10.8 Å². The lowest BCUT2D eigenvalue weighted by Gasteiger charge is -2.26. The van der Waals surface area contributed by atoms with Crippen LogP contribution in [0, 0.1) is 5.92 Å². The highest BCUT2D eigenvalue weighted by atomic mass is 32.2. The minimum atomic E-state index is -0.704. The minimum Gasteiger partial charge on any atom is -0.341 e. The van der Waals surface area contributed by atoms with Gasteiger partial charge in [0.1, 0.15) is 0 Å². The first-order chi connectivity index (χ1) is 6.18. The summed E-state index contributed by atoms with van der Waals surface area (Å²) in [5.41, 5.74) is 5.59. The molecule has 0 radical (unpaired) electrons. The summed E-state index contributed by atoms with van der Waals surface area (Å²) in [6, 6.07) is 0.0833. The second kappa shape index (κ2) is 3.38. The Morgan fingerprint density at radius 1 is 1.38 bits per heavy atom. The molecule has 1 amide bonds. The van der Waals surface area contributed by atoms with E-state index in [1.807, 2.05) is 0 Å². The van der Waals surface area contributed by atoms with Crippen LogP contribution < -0.4 is 5.73 Å². The predicted octanol–water partition coefficient (Wildman–Crippen LogP) is -1.08. The van der Waals surface area contributed by atoms with E-state index in [-0.39, 0.29) is 17.9 Å². The maximum Gasteiger partial charge on any atom is 0.227 e. The molecule has 0 aromatic carbocycles. The Kier molecular flexibility index (Phi) is 2.38. The molecule has 1 saturated carbocycles. The first kappa shape index (κ1) is 9.15. The van der Waals surface area contributed by atoms with Gasteiger partial charge in [0.25, 0.3) is 0 Å². The molecule has 1 saturated heterocycles. The van der Waals surface area contributed by atoms with Crippen LogP contribution in [0.1, 0.15) is 6.42 Å². The van der Waals surface area contributed by atoms with Gasteiger partial charge in [-0.25, -0.2) is 0 Å². The van der Waals surface area contributed by atoms with Crippen molar-refractivity contribution in [2.45, 2.75) is 12.5 Å². The normalized spacial score (nSPS) is 34.7. The summed E-state index contributed by atoms with van der Waals surface area (Å²) in [7, 11) is -0.704. The Morgan fingerprint density at radius 2 is 1.92 bits per heavy atom. The van der Waals surface area contributed by atoms with E-state index in [2.05, 4.69) is 0 Å². The second-order valence-electron chi connectivity index (χ2n) is 3.68. The number of carbonyl (C=O) groups is 1. The molecule has 0 aromatic heterocycles. The fraction of sp³-hybridized carbons (Fsp3) is 0.875. The third-order valence-electron chi connectivity index (χ3n) is 2.65. The van der Waals surface area contributed by atoms with Crippen LogP contribution in [0.3, 0.4) is 0 Å². The van der Waals surface area contributed by atoms with Crippen LogP contribution >= 0.6 is 0 Å². The first-order valence-corrected chi connectivity index (χ1v) is 6.06. The largest absolute Gasteiger partial charge is 0.341 e. The number of hydrogen-bond acceptors (Lipinski definition) is 3. The maximum absolute atomic E-state index is 11.6. The Bertz CT molecular complexity index is 247. The summed E-state index contributed by atoms with van der Waals surface area (Å²) in [6.07, 6.45) is 0.832. The number of rotatable bonds is 1. The summed E-state index contributed by atoms with van der Waals surface area (Å²) in [6.45, 7) is 1.29. The molecule has 74 valence electrons. The third kappa shape index (κ3) is 1.91. The fourth-order valence-corrected chi connectivity index (χ4v) is 2.64. The van der Waals surface area contributed by atoms with Crippen LogP contribution in [-0.2, 0) is 15.6 Å². The van der Waals surface area contributed by atoms with Gasteiger partial charge >= 0.3 is 0 Å². The summed E-state index contributed by atoms with van der Waals surface area (Å²) in [4.78, 5) is 13.4. The lowest BCUT2D eigenvalue weighted by molar-refractivity contribution is -0.132. The molecule has 1 heterocycles. The zero-order valence-corrected chi connectivity index (χ0v) is 8.26. The quantitative estimate of drug-likeness (QED) is 0.588. The van der Waals surface area contributed by atoms with Gasteiger partial charge in [-0.3, -0.25) is 9.00 Å². The molecule has 2 rings (SSSR count). The summed E-state index contributed by atoms with van der Waals surface area (Å²) in [5, 5.41) is 0. The molecule has 2 aliphatic rings. The topological polar surface area (TPSA) is 63.4 Å². The lowest BCUT2D eigenvalue weighted by Crippen LogP contribution is -2.43. The Labute approximate surface area is 79.9 Å². The van der Waals surface area contributed by atoms with E-state index in [1.165, 1.54) is 0 Å². The number of amides is 1. The van der Waals surface area contributed by atoms with E-state index in [4.69, 9.17) is 5.73 Å². The van der Waals surface area contributed by atoms with E-state index >= 15 is 0 Å². The highest BCUT2D eigenvalue weighted by Crippen LogP contribution is 2.30. The van der Waals surface area contributed by atoms with Crippen molar-refractivity contribution in [1.82, 2.24) is 4.90 Å². The van der Waals surface area contributed by atoms with Crippen molar-refractivity contribution in [2.75, 3.05) is 24.6 Å². The number of carbonyl (C=O) groups excluding carboxylic acids is 1. The van der Waals surface area contributed by atoms with Gasteiger partial charge in [-0.05, 0) is 6.42 Å². The van der Waals surface area contributed by atoms with Crippen LogP contribution in [0.4, 0.5) is 0 Å². The molecule has 0 bridgehead atoms. The predicted molar refractivity (Wildman–Crippen MR) is 50.5 cm³/mol. The molecule has 2 fully saturated rings. The molecular weight excluding hydrogens is 188 g/mol. The second-order valence-corrected chi connectivity index (χ2v) is 5.38. The van der Waals surface area contributed by atoms with Gasteiger partial charge in [0, 0.05) is 41.4 Å². The van der Waals surface area contributed by atoms with Crippen LogP contribution in [0.2, 0.25) is 0 Å². The molecule has 13 heavy (non-hydrogen) atoms. The van der Waals surface area contributed by atoms with Crippen molar-refractivity contribution in [3.05, 3.63) is 0 Å². The van der Waals surface area contributed by atoms with Gasteiger partial charge in [-0.15, -0.1) is 0 Å². The van der Waals surface area contributed by atoms with Crippen molar-refractivity contribution >= 4 is 16.7 Å². The Hall–Kier alpha value is -0.420. The molecule has 1 aliphatic heterocycles. The maximum atomic E-state index is 11.6. The van der Waals surface area contributed by atoms with Crippen LogP contribution in [0.15, 0.2) is 0 Å². The van der Waals surface area contributed by atoms with Crippen molar-refractivity contribution < 1.29 is 9.00 Å². The van der Waals surface area contributed by atoms with Crippen molar-refractivity contribution in [1.29, 1.82) is 0 Å². The zero-order valence-electron chi connectivity index (χ0n) is 7.44. The SMILES string of the molecule is NC1CC1C(=O)N1CCS(=O)CC1. The molecule has 2 unspecified atom stereocenters. The van der Waals surface area contributed by atoms with Gasteiger partial charge in [0.15, 0.2) is 0 Å². The van der Waals surface area contributed by atoms with Crippen molar-refractivity contribution in [2.24, 2.45) is 11.7 Å². The average molecular weight is 202 g/mol. The standard InChI is InChI=1S/C8H14N2O2S/c9-7-5-6(7)8(11)10-1-3-13(12)4-2-10/h6-7H,1-5,9H2. The molecule has 2 atom stereocenters. The first-order valence-electron chi connectivity index (χ1n) is 4.58. The lowest BCUT2D eigenvalue weighted by atomic mass is 10.3. The highest BCUT2D eigenvalue weighted by molar-refractivity contribution is 7.85. The van der Waals surface area contributed by atoms with Crippen molar-refractivity contribution in [3.63, 3.8) is 0 Å². The smallest absolute Gasteiger partial charge is 0.227 e. The van der Waals surface area contributed by atoms with E-state index in [1.54, 1.807) is 4.90 Å². The molecule has 0 aromatic rings. The van der Waals surface area contributed by atoms with E-state index in [9.17, 15) is 9.00 Å². The highest BCUT2D eigenvalue weighted by Gasteiger charge is 2.42. The monoisotopic (exact) mass is 202 g/mol. The van der Waals surface area contributed by atoms with Crippen LogP contribution in [-0.4, -0.2) is 45.7 Å².